The van der Waals surface area contributed by atoms with Crippen molar-refractivity contribution in [3.63, 3.8) is 0 Å². The Labute approximate surface area is 91.5 Å². The predicted molar refractivity (Wildman–Crippen MR) is 57.0 cm³/mol. The van der Waals surface area contributed by atoms with Gasteiger partial charge in [0.25, 0.3) is 0 Å². The van der Waals surface area contributed by atoms with Crippen LogP contribution in [0.2, 0.25) is 0 Å². The molecule has 4 heteroatoms. The highest BCUT2D eigenvalue weighted by molar-refractivity contribution is 5.74. The van der Waals surface area contributed by atoms with Crippen LogP contribution in [0.5, 0.6) is 0 Å². The highest BCUT2D eigenvalue weighted by Gasteiger charge is 2.24. The van der Waals surface area contributed by atoms with E-state index in [9.17, 15) is 9.90 Å². The predicted octanol–water partition coefficient (Wildman–Crippen LogP) is 2.06. The molecule has 0 heterocycles. The van der Waals surface area contributed by atoms with Gasteiger partial charge in [0.05, 0.1) is 17.6 Å². The number of rotatable bonds is 5. The Morgan fingerprint density at radius 1 is 1.20 bits per heavy atom. The number of carbonyl (C=O) groups excluding carboxylic acids is 1. The van der Waals surface area contributed by atoms with Gasteiger partial charge >= 0.3 is 5.97 Å². The molecular formula is C11H22O4. The van der Waals surface area contributed by atoms with E-state index in [4.69, 9.17) is 4.89 Å². The molecule has 0 saturated carbocycles. The fraction of sp³-hybridized carbons (Fsp3) is 0.909. The molecule has 0 bridgehead atoms. The zero-order chi connectivity index (χ0) is 12.1. The summed E-state index contributed by atoms with van der Waals surface area (Å²) in [5.74, 6) is -0.384. The second-order valence-electron chi connectivity index (χ2n) is 5.36. The lowest BCUT2D eigenvalue weighted by molar-refractivity contribution is -0.280. The largest absolute Gasteiger partial charge is 0.390 e. The van der Waals surface area contributed by atoms with Crippen LogP contribution in [0.25, 0.3) is 0 Å². The van der Waals surface area contributed by atoms with Gasteiger partial charge in [0, 0.05) is 0 Å². The van der Waals surface area contributed by atoms with Crippen LogP contribution in [0.1, 0.15) is 47.5 Å². The van der Waals surface area contributed by atoms with Gasteiger partial charge in [-0.3, -0.25) is 4.89 Å². The summed E-state index contributed by atoms with van der Waals surface area (Å²) < 4.78 is 0. The number of aliphatic hydroxyl groups is 1. The zero-order valence-corrected chi connectivity index (χ0v) is 10.3. The van der Waals surface area contributed by atoms with Crippen molar-refractivity contribution in [1.82, 2.24) is 0 Å². The van der Waals surface area contributed by atoms with E-state index in [2.05, 4.69) is 4.89 Å². The molecule has 0 rings (SSSR count). The summed E-state index contributed by atoms with van der Waals surface area (Å²) in [4.78, 5) is 20.6. The van der Waals surface area contributed by atoms with Gasteiger partial charge in [-0.25, -0.2) is 4.79 Å². The van der Waals surface area contributed by atoms with Crippen molar-refractivity contribution >= 4 is 5.97 Å². The first-order chi connectivity index (χ1) is 6.63. The second kappa shape index (κ2) is 5.47. The Morgan fingerprint density at radius 2 is 1.73 bits per heavy atom. The molecule has 0 unspecified atom stereocenters. The molecule has 0 aromatic rings. The Morgan fingerprint density at radius 3 is 2.13 bits per heavy atom. The summed E-state index contributed by atoms with van der Waals surface area (Å²) >= 11 is 0. The van der Waals surface area contributed by atoms with Gasteiger partial charge in [-0.15, -0.1) is 0 Å². The van der Waals surface area contributed by atoms with Crippen molar-refractivity contribution in [3.8, 4) is 0 Å². The molecule has 0 saturated heterocycles. The maximum absolute atomic E-state index is 11.2. The van der Waals surface area contributed by atoms with Crippen LogP contribution in [0, 0.1) is 5.41 Å². The zero-order valence-electron chi connectivity index (χ0n) is 10.3. The summed E-state index contributed by atoms with van der Waals surface area (Å²) in [5, 5.41) is 9.39. The molecule has 1 N–H and O–H groups in total. The molecule has 0 aliphatic carbocycles. The maximum atomic E-state index is 11.2. The molecule has 0 aliphatic heterocycles. The summed E-state index contributed by atoms with van der Waals surface area (Å²) in [6, 6.07) is 0. The third-order valence-electron chi connectivity index (χ3n) is 1.76. The normalized spacial score (nSPS) is 12.7. The Hall–Kier alpha value is -0.610. The van der Waals surface area contributed by atoms with E-state index < -0.39 is 11.0 Å². The van der Waals surface area contributed by atoms with Crippen molar-refractivity contribution < 1.29 is 19.7 Å². The molecule has 90 valence electrons. The fourth-order valence-electron chi connectivity index (χ4n) is 0.784. The Balaban J connectivity index is 3.53. The van der Waals surface area contributed by atoms with Gasteiger partial charge in [0.2, 0.25) is 0 Å². The fourth-order valence-corrected chi connectivity index (χ4v) is 0.784. The van der Waals surface area contributed by atoms with Crippen molar-refractivity contribution in [2.45, 2.75) is 53.1 Å². The van der Waals surface area contributed by atoms with Crippen molar-refractivity contribution in [3.05, 3.63) is 0 Å². The molecule has 0 aromatic carbocycles. The second-order valence-corrected chi connectivity index (χ2v) is 5.36. The van der Waals surface area contributed by atoms with Gasteiger partial charge in [0.15, 0.2) is 0 Å². The summed E-state index contributed by atoms with van der Waals surface area (Å²) in [7, 11) is 0. The number of carbonyl (C=O) groups is 1. The monoisotopic (exact) mass is 218 g/mol. The van der Waals surface area contributed by atoms with E-state index >= 15 is 0 Å². The topological polar surface area (TPSA) is 55.8 Å². The van der Waals surface area contributed by atoms with Crippen LogP contribution < -0.4 is 0 Å². The maximum Gasteiger partial charge on any atom is 0.347 e. The highest BCUT2D eigenvalue weighted by atomic mass is 17.2. The third-order valence-corrected chi connectivity index (χ3v) is 1.76. The summed E-state index contributed by atoms with van der Waals surface area (Å²) in [6.07, 6.45) is 1.26. The number of hydrogen-bond donors (Lipinski definition) is 1. The quantitative estimate of drug-likeness (QED) is 0.436. The van der Waals surface area contributed by atoms with E-state index in [1.54, 1.807) is 34.6 Å². The SMILES string of the molecule is CC(C)(O)CCCOOC(=O)C(C)(C)C. The molecule has 0 aliphatic rings. The minimum atomic E-state index is -0.697. The van der Waals surface area contributed by atoms with E-state index in [-0.39, 0.29) is 5.97 Å². The first kappa shape index (κ1) is 14.4. The molecule has 15 heavy (non-hydrogen) atoms. The van der Waals surface area contributed by atoms with Crippen LogP contribution in [-0.4, -0.2) is 23.3 Å². The van der Waals surface area contributed by atoms with E-state index in [1.807, 2.05) is 0 Å². The Bertz CT molecular complexity index is 198. The lowest BCUT2D eigenvalue weighted by atomic mass is 9.98. The molecule has 0 atom stereocenters. The molecular weight excluding hydrogens is 196 g/mol. The minimum Gasteiger partial charge on any atom is -0.390 e. The summed E-state index contributed by atoms with van der Waals surface area (Å²) in [5.41, 5.74) is -1.24. The van der Waals surface area contributed by atoms with Crippen LogP contribution >= 0.6 is 0 Å². The third kappa shape index (κ3) is 8.39. The molecule has 0 spiro atoms. The smallest absolute Gasteiger partial charge is 0.347 e. The van der Waals surface area contributed by atoms with Crippen LogP contribution in [0.3, 0.4) is 0 Å². The van der Waals surface area contributed by atoms with Gasteiger partial charge < -0.3 is 5.11 Å². The molecule has 0 amide bonds. The molecule has 0 radical (unpaired) electrons. The van der Waals surface area contributed by atoms with Gasteiger partial charge in [-0.1, -0.05) is 0 Å². The molecule has 0 aromatic heterocycles. The van der Waals surface area contributed by atoms with Crippen LogP contribution in [-0.2, 0) is 14.6 Å². The number of hydrogen-bond acceptors (Lipinski definition) is 4. The minimum absolute atomic E-state index is 0.311. The van der Waals surface area contributed by atoms with Gasteiger partial charge in [-0.2, -0.15) is 4.89 Å². The highest BCUT2D eigenvalue weighted by Crippen LogP contribution is 2.15. The lowest BCUT2D eigenvalue weighted by Crippen LogP contribution is -2.24. The van der Waals surface area contributed by atoms with Gasteiger partial charge in [-0.05, 0) is 47.5 Å². The van der Waals surface area contributed by atoms with Crippen LogP contribution in [0.4, 0.5) is 0 Å². The summed E-state index contributed by atoms with van der Waals surface area (Å²) in [6.45, 7) is 9.05. The first-order valence-electron chi connectivity index (χ1n) is 5.19. The molecule has 0 fully saturated rings. The van der Waals surface area contributed by atoms with Crippen LogP contribution in [0.15, 0.2) is 0 Å². The van der Waals surface area contributed by atoms with Crippen molar-refractivity contribution in [1.29, 1.82) is 0 Å². The van der Waals surface area contributed by atoms with E-state index in [1.165, 1.54) is 0 Å². The average Bonchev–Trinajstić information content (AvgIpc) is 1.99. The Kier molecular flexibility index (Phi) is 5.24. The molecule has 4 nitrogen and oxygen atoms in total. The van der Waals surface area contributed by atoms with Crippen molar-refractivity contribution in [2.24, 2.45) is 5.41 Å². The van der Waals surface area contributed by atoms with Gasteiger partial charge in [0.1, 0.15) is 0 Å². The lowest BCUT2D eigenvalue weighted by Gasteiger charge is -2.17. The first-order valence-corrected chi connectivity index (χ1v) is 5.19. The van der Waals surface area contributed by atoms with E-state index in [0.29, 0.717) is 19.4 Å². The standard InChI is InChI=1S/C11H22O4/c1-10(2,3)9(12)15-14-8-6-7-11(4,5)13/h13H,6-8H2,1-5H3. The van der Waals surface area contributed by atoms with Crippen molar-refractivity contribution in [2.75, 3.05) is 6.61 Å². The average molecular weight is 218 g/mol. The van der Waals surface area contributed by atoms with E-state index in [0.717, 1.165) is 0 Å².